The predicted octanol–water partition coefficient (Wildman–Crippen LogP) is 0.315. The van der Waals surface area contributed by atoms with Crippen molar-refractivity contribution < 1.29 is 13.2 Å². The van der Waals surface area contributed by atoms with Crippen LogP contribution in [0.1, 0.15) is 6.92 Å². The standard InChI is InChI=1S/C8H12N2O3S/c1-2-13-8-4-3-6(5-7(8)9)14(10,11)12/h3-5H,2,9H2,1H3,(H2,10,11,12). The molecule has 6 heteroatoms. The van der Waals surface area contributed by atoms with E-state index in [1.165, 1.54) is 18.2 Å². The summed E-state index contributed by atoms with van der Waals surface area (Å²) in [5.74, 6) is 0.458. The molecule has 14 heavy (non-hydrogen) atoms. The highest BCUT2D eigenvalue weighted by Gasteiger charge is 2.09. The van der Waals surface area contributed by atoms with Crippen LogP contribution in [0.2, 0.25) is 0 Å². The second-order valence-corrected chi connectivity index (χ2v) is 4.24. The summed E-state index contributed by atoms with van der Waals surface area (Å²) in [6.45, 7) is 2.28. The van der Waals surface area contributed by atoms with Crippen molar-refractivity contribution in [2.24, 2.45) is 5.14 Å². The van der Waals surface area contributed by atoms with E-state index in [-0.39, 0.29) is 10.6 Å². The molecule has 0 radical (unpaired) electrons. The first-order valence-corrected chi connectivity index (χ1v) is 5.55. The first kappa shape index (κ1) is 10.8. The predicted molar refractivity (Wildman–Crippen MR) is 53.4 cm³/mol. The number of anilines is 1. The van der Waals surface area contributed by atoms with Gasteiger partial charge in [-0.15, -0.1) is 0 Å². The molecule has 0 saturated carbocycles. The van der Waals surface area contributed by atoms with Crippen molar-refractivity contribution in [1.82, 2.24) is 0 Å². The Morgan fingerprint density at radius 3 is 2.50 bits per heavy atom. The van der Waals surface area contributed by atoms with E-state index in [9.17, 15) is 8.42 Å². The summed E-state index contributed by atoms with van der Waals surface area (Å²) in [7, 11) is -3.69. The van der Waals surface area contributed by atoms with Crippen LogP contribution in [0.15, 0.2) is 23.1 Å². The van der Waals surface area contributed by atoms with Crippen LogP contribution < -0.4 is 15.6 Å². The number of hydrogen-bond acceptors (Lipinski definition) is 4. The summed E-state index contributed by atoms with van der Waals surface area (Å²) < 4.78 is 27.0. The van der Waals surface area contributed by atoms with Crippen molar-refractivity contribution in [3.8, 4) is 5.75 Å². The Morgan fingerprint density at radius 2 is 2.07 bits per heavy atom. The number of primary sulfonamides is 1. The summed E-state index contributed by atoms with van der Waals surface area (Å²) in [6, 6.07) is 4.12. The summed E-state index contributed by atoms with van der Waals surface area (Å²) >= 11 is 0. The van der Waals surface area contributed by atoms with Crippen LogP contribution in [0, 0.1) is 0 Å². The zero-order valence-corrected chi connectivity index (χ0v) is 8.54. The minimum Gasteiger partial charge on any atom is -0.492 e. The smallest absolute Gasteiger partial charge is 0.238 e. The third-order valence-corrected chi connectivity index (χ3v) is 2.52. The van der Waals surface area contributed by atoms with Gasteiger partial charge >= 0.3 is 0 Å². The van der Waals surface area contributed by atoms with E-state index in [4.69, 9.17) is 15.6 Å². The second-order valence-electron chi connectivity index (χ2n) is 2.68. The molecule has 0 aromatic heterocycles. The van der Waals surface area contributed by atoms with Gasteiger partial charge in [-0.25, -0.2) is 13.6 Å². The van der Waals surface area contributed by atoms with Crippen molar-refractivity contribution >= 4 is 15.7 Å². The van der Waals surface area contributed by atoms with E-state index in [0.29, 0.717) is 12.4 Å². The Hall–Kier alpha value is -1.27. The number of nitrogens with two attached hydrogens (primary N) is 2. The maximum absolute atomic E-state index is 10.9. The van der Waals surface area contributed by atoms with Crippen LogP contribution >= 0.6 is 0 Å². The molecule has 5 nitrogen and oxygen atoms in total. The fourth-order valence-electron chi connectivity index (χ4n) is 0.990. The SMILES string of the molecule is CCOc1ccc(S(N)(=O)=O)cc1N. The lowest BCUT2D eigenvalue weighted by molar-refractivity contribution is 0.342. The molecular weight excluding hydrogens is 204 g/mol. The molecule has 0 unspecified atom stereocenters. The molecule has 0 fully saturated rings. The Kier molecular flexibility index (Phi) is 2.97. The van der Waals surface area contributed by atoms with Crippen LogP contribution in [0.3, 0.4) is 0 Å². The minimum atomic E-state index is -3.69. The largest absolute Gasteiger partial charge is 0.492 e. The van der Waals surface area contributed by atoms with Crippen LogP contribution in [-0.2, 0) is 10.0 Å². The van der Waals surface area contributed by atoms with Crippen LogP contribution in [-0.4, -0.2) is 15.0 Å². The van der Waals surface area contributed by atoms with E-state index in [1.807, 2.05) is 6.92 Å². The van der Waals surface area contributed by atoms with Gasteiger partial charge in [0.2, 0.25) is 10.0 Å². The van der Waals surface area contributed by atoms with Gasteiger partial charge in [-0.05, 0) is 25.1 Å². The number of sulfonamides is 1. The number of rotatable bonds is 3. The van der Waals surface area contributed by atoms with E-state index < -0.39 is 10.0 Å². The first-order valence-electron chi connectivity index (χ1n) is 4.00. The minimum absolute atomic E-state index is 0.0153. The molecule has 0 aliphatic carbocycles. The molecule has 0 atom stereocenters. The Bertz CT molecular complexity index is 428. The van der Waals surface area contributed by atoms with Gasteiger partial charge in [-0.3, -0.25) is 0 Å². The number of benzene rings is 1. The summed E-state index contributed by atoms with van der Waals surface area (Å²) in [6.07, 6.45) is 0. The number of ether oxygens (including phenoxy) is 1. The lowest BCUT2D eigenvalue weighted by Gasteiger charge is -2.07. The zero-order chi connectivity index (χ0) is 10.8. The molecule has 1 aromatic carbocycles. The van der Waals surface area contributed by atoms with E-state index in [2.05, 4.69) is 0 Å². The van der Waals surface area contributed by atoms with Crippen LogP contribution in [0.5, 0.6) is 5.75 Å². The third kappa shape index (κ3) is 2.36. The summed E-state index contributed by atoms with van der Waals surface area (Å²) in [5.41, 5.74) is 5.82. The van der Waals surface area contributed by atoms with Gasteiger partial charge in [0.15, 0.2) is 0 Å². The Labute approximate surface area is 82.7 Å². The highest BCUT2D eigenvalue weighted by molar-refractivity contribution is 7.89. The summed E-state index contributed by atoms with van der Waals surface area (Å²) in [4.78, 5) is -0.0153. The normalized spacial score (nSPS) is 11.3. The average Bonchev–Trinajstić information content (AvgIpc) is 2.07. The molecule has 1 rings (SSSR count). The van der Waals surface area contributed by atoms with E-state index in [1.54, 1.807) is 0 Å². The van der Waals surface area contributed by atoms with Gasteiger partial charge in [0, 0.05) is 0 Å². The van der Waals surface area contributed by atoms with Crippen molar-refractivity contribution in [3.05, 3.63) is 18.2 Å². The topological polar surface area (TPSA) is 95.4 Å². The average molecular weight is 216 g/mol. The number of nitrogen functional groups attached to an aromatic ring is 1. The lowest BCUT2D eigenvalue weighted by Crippen LogP contribution is -2.12. The maximum Gasteiger partial charge on any atom is 0.238 e. The highest BCUT2D eigenvalue weighted by atomic mass is 32.2. The highest BCUT2D eigenvalue weighted by Crippen LogP contribution is 2.23. The van der Waals surface area contributed by atoms with Crippen molar-refractivity contribution in [2.45, 2.75) is 11.8 Å². The monoisotopic (exact) mass is 216 g/mol. The van der Waals surface area contributed by atoms with Gasteiger partial charge in [0.25, 0.3) is 0 Å². The quantitative estimate of drug-likeness (QED) is 0.711. The maximum atomic E-state index is 10.9. The van der Waals surface area contributed by atoms with Gasteiger partial charge in [-0.2, -0.15) is 0 Å². The molecule has 4 N–H and O–H groups in total. The molecule has 0 aliphatic heterocycles. The molecule has 0 spiro atoms. The molecule has 0 heterocycles. The lowest BCUT2D eigenvalue weighted by atomic mass is 10.3. The van der Waals surface area contributed by atoms with Gasteiger partial charge in [-0.1, -0.05) is 0 Å². The first-order chi connectivity index (χ1) is 6.45. The molecule has 1 aromatic rings. The van der Waals surface area contributed by atoms with Crippen LogP contribution in [0.25, 0.3) is 0 Å². The molecule has 78 valence electrons. The zero-order valence-electron chi connectivity index (χ0n) is 7.73. The Morgan fingerprint density at radius 1 is 1.43 bits per heavy atom. The van der Waals surface area contributed by atoms with Gasteiger partial charge in [0.05, 0.1) is 17.2 Å². The van der Waals surface area contributed by atoms with Crippen molar-refractivity contribution in [1.29, 1.82) is 0 Å². The van der Waals surface area contributed by atoms with Crippen LogP contribution in [0.4, 0.5) is 5.69 Å². The fourth-order valence-corrected chi connectivity index (χ4v) is 1.54. The third-order valence-electron chi connectivity index (χ3n) is 1.61. The van der Waals surface area contributed by atoms with Gasteiger partial charge < -0.3 is 10.5 Å². The molecule has 0 aliphatic rings. The molecule has 0 saturated heterocycles. The van der Waals surface area contributed by atoms with Crippen molar-refractivity contribution in [2.75, 3.05) is 12.3 Å². The summed E-state index contributed by atoms with van der Waals surface area (Å²) in [5, 5.41) is 4.93. The molecule has 0 bridgehead atoms. The number of hydrogen-bond donors (Lipinski definition) is 2. The van der Waals surface area contributed by atoms with Crippen molar-refractivity contribution in [3.63, 3.8) is 0 Å². The molecular formula is C8H12N2O3S. The van der Waals surface area contributed by atoms with E-state index in [0.717, 1.165) is 0 Å². The van der Waals surface area contributed by atoms with E-state index >= 15 is 0 Å². The fraction of sp³-hybridized carbons (Fsp3) is 0.250. The second kappa shape index (κ2) is 3.85. The molecule has 0 amide bonds. The Balaban J connectivity index is 3.13. The van der Waals surface area contributed by atoms with Gasteiger partial charge in [0.1, 0.15) is 5.75 Å².